The number of rotatable bonds is 2. The van der Waals surface area contributed by atoms with Crippen LogP contribution in [0.5, 0.6) is 0 Å². The molecule has 0 aliphatic rings. The molecule has 0 aliphatic carbocycles. The molecule has 0 saturated carbocycles. The quantitative estimate of drug-likeness (QED) is 0.390. The third-order valence-corrected chi connectivity index (χ3v) is 1.08. The highest BCUT2D eigenvalue weighted by molar-refractivity contribution is 5.92. The maximum Gasteiger partial charge on any atom is 0.341 e. The molecule has 0 unspecified atom stereocenters. The number of aromatic carboxylic acids is 1. The van der Waals surface area contributed by atoms with Gasteiger partial charge in [-0.15, -0.1) is 0 Å². The molecule has 0 saturated heterocycles. The molecular formula is C5H6N4O2. The first-order valence-electron chi connectivity index (χ1n) is 2.75. The Labute approximate surface area is 62.1 Å². The molecular weight excluding hydrogens is 148 g/mol. The smallest absolute Gasteiger partial charge is 0.341 e. The van der Waals surface area contributed by atoms with Gasteiger partial charge in [0.05, 0.1) is 0 Å². The molecule has 1 aromatic rings. The summed E-state index contributed by atoms with van der Waals surface area (Å²) in [6.07, 6.45) is 2.38. The van der Waals surface area contributed by atoms with E-state index in [9.17, 15) is 4.79 Å². The Bertz CT molecular complexity index is 275. The minimum atomic E-state index is -1.11. The van der Waals surface area contributed by atoms with Crippen LogP contribution in [0.1, 0.15) is 10.4 Å². The predicted molar refractivity (Wildman–Crippen MR) is 36.8 cm³/mol. The van der Waals surface area contributed by atoms with Crippen molar-refractivity contribution in [2.24, 2.45) is 5.84 Å². The Morgan fingerprint density at radius 2 is 2.45 bits per heavy atom. The van der Waals surface area contributed by atoms with E-state index >= 15 is 0 Å². The minimum Gasteiger partial charge on any atom is -0.477 e. The molecule has 0 fully saturated rings. The van der Waals surface area contributed by atoms with E-state index in [2.05, 4.69) is 15.4 Å². The van der Waals surface area contributed by atoms with Crippen LogP contribution in [-0.2, 0) is 0 Å². The highest BCUT2D eigenvalue weighted by Crippen LogP contribution is 2.06. The largest absolute Gasteiger partial charge is 0.477 e. The van der Waals surface area contributed by atoms with Crippen LogP contribution in [0, 0.1) is 0 Å². The molecule has 1 rings (SSSR count). The number of nitrogen functional groups attached to an aromatic ring is 1. The van der Waals surface area contributed by atoms with Gasteiger partial charge in [0.15, 0.2) is 5.82 Å². The van der Waals surface area contributed by atoms with Crippen molar-refractivity contribution in [3.05, 3.63) is 18.1 Å². The van der Waals surface area contributed by atoms with E-state index in [0.717, 1.165) is 0 Å². The van der Waals surface area contributed by atoms with Gasteiger partial charge >= 0.3 is 5.97 Å². The van der Waals surface area contributed by atoms with Crippen LogP contribution in [0.2, 0.25) is 0 Å². The van der Waals surface area contributed by atoms with Crippen LogP contribution >= 0.6 is 0 Å². The van der Waals surface area contributed by atoms with Crippen molar-refractivity contribution in [1.82, 2.24) is 9.97 Å². The lowest BCUT2D eigenvalue weighted by atomic mass is 10.3. The monoisotopic (exact) mass is 154 g/mol. The van der Waals surface area contributed by atoms with E-state index in [0.29, 0.717) is 0 Å². The van der Waals surface area contributed by atoms with Crippen molar-refractivity contribution in [3.8, 4) is 0 Å². The number of nitrogens with zero attached hydrogens (tertiary/aromatic N) is 2. The fourth-order valence-electron chi connectivity index (χ4n) is 0.601. The van der Waals surface area contributed by atoms with Crippen molar-refractivity contribution in [1.29, 1.82) is 0 Å². The Hall–Kier alpha value is -1.69. The number of nitrogens with one attached hydrogen (secondary N) is 1. The molecule has 0 radical (unpaired) electrons. The second-order valence-corrected chi connectivity index (χ2v) is 1.73. The maximum atomic E-state index is 10.4. The molecule has 1 aromatic heterocycles. The molecule has 6 nitrogen and oxygen atoms in total. The molecule has 0 bridgehead atoms. The van der Waals surface area contributed by atoms with Crippen LogP contribution in [0.3, 0.4) is 0 Å². The van der Waals surface area contributed by atoms with Crippen LogP contribution < -0.4 is 11.3 Å². The van der Waals surface area contributed by atoms with Gasteiger partial charge in [0.25, 0.3) is 0 Å². The summed E-state index contributed by atoms with van der Waals surface area (Å²) in [5.41, 5.74) is 2.10. The first-order chi connectivity index (χ1) is 5.25. The van der Waals surface area contributed by atoms with E-state index in [1.165, 1.54) is 12.5 Å². The number of hydrazine groups is 1. The molecule has 11 heavy (non-hydrogen) atoms. The maximum absolute atomic E-state index is 10.4. The van der Waals surface area contributed by atoms with Crippen molar-refractivity contribution < 1.29 is 9.90 Å². The molecule has 1 heterocycles. The summed E-state index contributed by atoms with van der Waals surface area (Å²) in [4.78, 5) is 17.5. The Balaban J connectivity index is 3.12. The lowest BCUT2D eigenvalue weighted by molar-refractivity contribution is 0.0697. The zero-order chi connectivity index (χ0) is 8.27. The van der Waals surface area contributed by atoms with Gasteiger partial charge in [-0.05, 0) is 0 Å². The summed E-state index contributed by atoms with van der Waals surface area (Å²) in [6.45, 7) is 0. The number of hydrogen-bond donors (Lipinski definition) is 3. The van der Waals surface area contributed by atoms with Gasteiger partial charge in [-0.1, -0.05) is 0 Å². The van der Waals surface area contributed by atoms with Gasteiger partial charge in [-0.3, -0.25) is 0 Å². The zero-order valence-electron chi connectivity index (χ0n) is 5.48. The first kappa shape index (κ1) is 7.42. The zero-order valence-corrected chi connectivity index (χ0v) is 5.48. The number of hydrogen-bond acceptors (Lipinski definition) is 5. The molecule has 0 amide bonds. The fraction of sp³-hybridized carbons (Fsp3) is 0. The lowest BCUT2D eigenvalue weighted by Crippen LogP contribution is -2.13. The van der Waals surface area contributed by atoms with Crippen LogP contribution in [0.25, 0.3) is 0 Å². The third kappa shape index (κ3) is 1.41. The summed E-state index contributed by atoms with van der Waals surface area (Å²) in [6, 6.07) is 0. The fourth-order valence-corrected chi connectivity index (χ4v) is 0.601. The van der Waals surface area contributed by atoms with Gasteiger partial charge in [0.1, 0.15) is 11.9 Å². The van der Waals surface area contributed by atoms with Crippen molar-refractivity contribution in [2.75, 3.05) is 5.43 Å². The normalized spacial score (nSPS) is 9.18. The lowest BCUT2D eigenvalue weighted by Gasteiger charge is -2.00. The second kappa shape index (κ2) is 2.93. The van der Waals surface area contributed by atoms with Gasteiger partial charge < -0.3 is 10.5 Å². The van der Waals surface area contributed by atoms with Crippen LogP contribution in [0.15, 0.2) is 12.5 Å². The average Bonchev–Trinajstić information content (AvgIpc) is 2.04. The summed E-state index contributed by atoms with van der Waals surface area (Å²) < 4.78 is 0. The van der Waals surface area contributed by atoms with Crippen LogP contribution in [-0.4, -0.2) is 21.0 Å². The topological polar surface area (TPSA) is 101 Å². The van der Waals surface area contributed by atoms with Crippen molar-refractivity contribution >= 4 is 11.8 Å². The van der Waals surface area contributed by atoms with Crippen LogP contribution in [0.4, 0.5) is 5.82 Å². The summed E-state index contributed by atoms with van der Waals surface area (Å²) in [5.74, 6) is 3.98. The SMILES string of the molecule is NNc1ncncc1C(=O)O. The summed E-state index contributed by atoms with van der Waals surface area (Å²) in [7, 11) is 0. The highest BCUT2D eigenvalue weighted by Gasteiger charge is 2.08. The van der Waals surface area contributed by atoms with Gasteiger partial charge in [-0.25, -0.2) is 20.6 Å². The van der Waals surface area contributed by atoms with E-state index < -0.39 is 5.97 Å². The third-order valence-electron chi connectivity index (χ3n) is 1.08. The van der Waals surface area contributed by atoms with Gasteiger partial charge in [-0.2, -0.15) is 0 Å². The minimum absolute atomic E-state index is 0.0463. The summed E-state index contributed by atoms with van der Waals surface area (Å²) in [5, 5.41) is 8.52. The van der Waals surface area contributed by atoms with E-state index in [1.807, 2.05) is 0 Å². The number of carboxylic acids is 1. The second-order valence-electron chi connectivity index (χ2n) is 1.73. The Kier molecular flexibility index (Phi) is 1.98. The number of aromatic nitrogens is 2. The molecule has 0 aliphatic heterocycles. The Morgan fingerprint density at radius 3 is 2.91 bits per heavy atom. The van der Waals surface area contributed by atoms with Crippen molar-refractivity contribution in [2.45, 2.75) is 0 Å². The highest BCUT2D eigenvalue weighted by atomic mass is 16.4. The molecule has 0 spiro atoms. The van der Waals surface area contributed by atoms with E-state index in [4.69, 9.17) is 10.9 Å². The molecule has 0 aromatic carbocycles. The number of carbonyl (C=O) groups is 1. The van der Waals surface area contributed by atoms with Gasteiger partial charge in [0, 0.05) is 6.20 Å². The van der Waals surface area contributed by atoms with Gasteiger partial charge in [0.2, 0.25) is 0 Å². The molecule has 58 valence electrons. The summed E-state index contributed by atoms with van der Waals surface area (Å²) >= 11 is 0. The predicted octanol–water partition coefficient (Wildman–Crippen LogP) is -0.540. The Morgan fingerprint density at radius 1 is 1.73 bits per heavy atom. The molecule has 0 atom stereocenters. The molecule has 4 N–H and O–H groups in total. The number of carboxylic acid groups (broad SMARTS) is 1. The van der Waals surface area contributed by atoms with Crippen molar-refractivity contribution in [3.63, 3.8) is 0 Å². The van der Waals surface area contributed by atoms with E-state index in [-0.39, 0.29) is 11.4 Å². The average molecular weight is 154 g/mol. The standard InChI is InChI=1S/C5H6N4O2/c6-9-4-3(5(10)11)1-7-2-8-4/h1-2H,6H2,(H,10,11)(H,7,8,9). The molecule has 6 heteroatoms. The first-order valence-corrected chi connectivity index (χ1v) is 2.75. The van der Waals surface area contributed by atoms with E-state index in [1.54, 1.807) is 0 Å². The number of anilines is 1. The number of nitrogens with two attached hydrogens (primary N) is 1.